The Balaban J connectivity index is 1.39. The van der Waals surface area contributed by atoms with Crippen molar-refractivity contribution in [2.75, 3.05) is 36.1 Å². The lowest BCUT2D eigenvalue weighted by atomic mass is 10.1. The molecule has 8 heteroatoms. The second kappa shape index (κ2) is 7.90. The molecule has 4 heterocycles. The normalized spacial score (nSPS) is 17.6. The molecule has 33 heavy (non-hydrogen) atoms. The number of primary amides is 1. The lowest BCUT2D eigenvalue weighted by Gasteiger charge is -2.45. The number of aromatic amines is 1. The second-order valence-electron chi connectivity index (χ2n) is 8.51. The van der Waals surface area contributed by atoms with E-state index >= 15 is 0 Å². The summed E-state index contributed by atoms with van der Waals surface area (Å²) in [5, 5.41) is 1.11. The third kappa shape index (κ3) is 3.48. The number of nitrogens with two attached hydrogens (primary N) is 1. The first-order valence-corrected chi connectivity index (χ1v) is 11.1. The van der Waals surface area contributed by atoms with Gasteiger partial charge in [-0.3, -0.25) is 4.79 Å². The third-order valence-electron chi connectivity index (χ3n) is 6.47. The fourth-order valence-corrected chi connectivity index (χ4v) is 4.79. The van der Waals surface area contributed by atoms with Gasteiger partial charge in [-0.1, -0.05) is 24.3 Å². The van der Waals surface area contributed by atoms with Crippen LogP contribution >= 0.6 is 0 Å². The smallest absolute Gasteiger partial charge is 0.248 e. The number of nitrogens with zero attached hydrogens (tertiary/aromatic N) is 4. The highest BCUT2D eigenvalue weighted by atomic mass is 16.5. The van der Waals surface area contributed by atoms with E-state index in [9.17, 15) is 4.79 Å². The maximum absolute atomic E-state index is 11.4. The Morgan fingerprint density at radius 2 is 2.06 bits per heavy atom. The first-order valence-electron chi connectivity index (χ1n) is 11.1. The molecule has 1 fully saturated rings. The van der Waals surface area contributed by atoms with E-state index in [2.05, 4.69) is 33.0 Å². The van der Waals surface area contributed by atoms with Crippen molar-refractivity contribution in [3.63, 3.8) is 0 Å². The molecule has 0 radical (unpaired) electrons. The zero-order valence-electron chi connectivity index (χ0n) is 18.1. The lowest BCUT2D eigenvalue weighted by molar-refractivity contribution is 0.0936. The van der Waals surface area contributed by atoms with Gasteiger partial charge in [0.05, 0.1) is 31.1 Å². The average Bonchev–Trinajstić information content (AvgIpc) is 3.33. The van der Waals surface area contributed by atoms with Crippen molar-refractivity contribution in [1.82, 2.24) is 15.0 Å². The Bertz CT molecular complexity index is 1330. The van der Waals surface area contributed by atoms with Crippen molar-refractivity contribution >= 4 is 28.3 Å². The second-order valence-corrected chi connectivity index (χ2v) is 8.51. The lowest BCUT2D eigenvalue weighted by Crippen LogP contribution is -2.55. The minimum atomic E-state index is -0.418. The molecule has 0 spiro atoms. The van der Waals surface area contributed by atoms with E-state index in [0.717, 1.165) is 52.4 Å². The number of hydrogen-bond donors (Lipinski definition) is 2. The third-order valence-corrected chi connectivity index (χ3v) is 6.47. The monoisotopic (exact) mass is 440 g/mol. The molecule has 0 bridgehead atoms. The molecule has 1 unspecified atom stereocenters. The number of morpholine rings is 1. The zero-order valence-corrected chi connectivity index (χ0v) is 18.1. The van der Waals surface area contributed by atoms with Gasteiger partial charge in [-0.05, 0) is 29.8 Å². The summed E-state index contributed by atoms with van der Waals surface area (Å²) in [4.78, 5) is 29.2. The van der Waals surface area contributed by atoms with Crippen LogP contribution in [0.2, 0.25) is 0 Å². The number of H-pyrrole nitrogens is 1. The van der Waals surface area contributed by atoms with Crippen LogP contribution in [0.25, 0.3) is 22.3 Å². The van der Waals surface area contributed by atoms with Gasteiger partial charge in [-0.15, -0.1) is 0 Å². The Hall–Kier alpha value is -3.91. The van der Waals surface area contributed by atoms with Crippen LogP contribution in [-0.4, -0.2) is 53.2 Å². The van der Waals surface area contributed by atoms with Crippen LogP contribution in [0.1, 0.15) is 15.9 Å². The zero-order chi connectivity index (χ0) is 22.4. The number of hydrogen-bond acceptors (Lipinski definition) is 6. The van der Waals surface area contributed by atoms with Gasteiger partial charge >= 0.3 is 0 Å². The SMILES string of the molecule is NC(=O)c1ccc(CN2CC3COCCN3c3nc(-c4cccc5[nH]ccc45)ncc32)cc1. The molecule has 1 amide bonds. The van der Waals surface area contributed by atoms with Gasteiger partial charge in [0.2, 0.25) is 5.91 Å². The molecule has 2 aromatic heterocycles. The van der Waals surface area contributed by atoms with E-state index in [-0.39, 0.29) is 6.04 Å². The van der Waals surface area contributed by atoms with Crippen molar-refractivity contribution in [1.29, 1.82) is 0 Å². The van der Waals surface area contributed by atoms with Gasteiger partial charge in [-0.25, -0.2) is 9.97 Å². The number of anilines is 2. The Labute approximate surface area is 191 Å². The summed E-state index contributed by atoms with van der Waals surface area (Å²) < 4.78 is 5.79. The van der Waals surface area contributed by atoms with E-state index in [0.29, 0.717) is 25.3 Å². The molecule has 8 nitrogen and oxygen atoms in total. The Morgan fingerprint density at radius 1 is 1.18 bits per heavy atom. The van der Waals surface area contributed by atoms with E-state index in [1.807, 2.05) is 30.6 Å². The van der Waals surface area contributed by atoms with Gasteiger partial charge in [0, 0.05) is 47.9 Å². The van der Waals surface area contributed by atoms with Crippen molar-refractivity contribution in [3.8, 4) is 11.4 Å². The van der Waals surface area contributed by atoms with Gasteiger partial charge in [0.1, 0.15) is 0 Å². The Morgan fingerprint density at radius 3 is 2.91 bits per heavy atom. The van der Waals surface area contributed by atoms with E-state index in [4.69, 9.17) is 20.4 Å². The van der Waals surface area contributed by atoms with Crippen LogP contribution in [0.5, 0.6) is 0 Å². The molecule has 2 aromatic carbocycles. The number of carbonyl (C=O) groups is 1. The van der Waals surface area contributed by atoms with Gasteiger partial charge in [0.25, 0.3) is 0 Å². The van der Waals surface area contributed by atoms with Crippen LogP contribution in [0.3, 0.4) is 0 Å². The fraction of sp³-hybridized carbons (Fsp3) is 0.240. The molecular formula is C25H24N6O2. The van der Waals surface area contributed by atoms with Gasteiger partial charge in [0.15, 0.2) is 11.6 Å². The predicted molar refractivity (Wildman–Crippen MR) is 127 cm³/mol. The molecule has 4 aromatic rings. The molecular weight excluding hydrogens is 416 g/mol. The highest BCUT2D eigenvalue weighted by Gasteiger charge is 2.35. The molecule has 2 aliphatic heterocycles. The summed E-state index contributed by atoms with van der Waals surface area (Å²) in [5.74, 6) is 1.25. The summed E-state index contributed by atoms with van der Waals surface area (Å²) >= 11 is 0. The number of amides is 1. The molecule has 166 valence electrons. The average molecular weight is 441 g/mol. The minimum absolute atomic E-state index is 0.224. The van der Waals surface area contributed by atoms with Crippen LogP contribution in [0, 0.1) is 0 Å². The summed E-state index contributed by atoms with van der Waals surface area (Å²) in [6.07, 6.45) is 3.88. The van der Waals surface area contributed by atoms with Gasteiger partial charge < -0.3 is 25.3 Å². The topological polar surface area (TPSA) is 100 Å². The summed E-state index contributed by atoms with van der Waals surface area (Å²) in [6.45, 7) is 3.68. The molecule has 2 aliphatic rings. The highest BCUT2D eigenvalue weighted by molar-refractivity contribution is 5.94. The summed E-state index contributed by atoms with van der Waals surface area (Å²) in [5.41, 5.74) is 10.1. The number of aromatic nitrogens is 3. The maximum Gasteiger partial charge on any atom is 0.248 e. The number of benzene rings is 2. The molecule has 6 rings (SSSR count). The first-order chi connectivity index (χ1) is 16.2. The largest absolute Gasteiger partial charge is 0.377 e. The standard InChI is InChI=1S/C25H24N6O2/c26-23(32)17-6-4-16(5-7-17)13-30-14-18-15-33-11-10-31(18)25-22(30)12-28-24(29-25)20-2-1-3-21-19(20)8-9-27-21/h1-9,12,18,27H,10-11,13-15H2,(H2,26,32). The number of carbonyl (C=O) groups excluding carboxylic acids is 1. The quantitative estimate of drug-likeness (QED) is 0.506. The predicted octanol–water partition coefficient (Wildman–Crippen LogP) is 2.95. The summed E-state index contributed by atoms with van der Waals surface area (Å²) in [7, 11) is 0. The number of rotatable bonds is 4. The molecule has 3 N–H and O–H groups in total. The van der Waals surface area contributed by atoms with Crippen molar-refractivity contribution in [3.05, 3.63) is 72.1 Å². The number of ether oxygens (including phenoxy) is 1. The van der Waals surface area contributed by atoms with Crippen LogP contribution < -0.4 is 15.5 Å². The first kappa shape index (κ1) is 19.8. The number of nitrogens with one attached hydrogen (secondary N) is 1. The van der Waals surface area contributed by atoms with Gasteiger partial charge in [-0.2, -0.15) is 0 Å². The fourth-order valence-electron chi connectivity index (χ4n) is 4.79. The van der Waals surface area contributed by atoms with Crippen molar-refractivity contribution < 1.29 is 9.53 Å². The van der Waals surface area contributed by atoms with Crippen LogP contribution in [0.4, 0.5) is 11.5 Å². The number of fused-ring (bicyclic) bond motifs is 4. The van der Waals surface area contributed by atoms with E-state index < -0.39 is 5.91 Å². The highest BCUT2D eigenvalue weighted by Crippen LogP contribution is 2.37. The van der Waals surface area contributed by atoms with Crippen LogP contribution in [-0.2, 0) is 11.3 Å². The van der Waals surface area contributed by atoms with Crippen molar-refractivity contribution in [2.45, 2.75) is 12.6 Å². The molecule has 1 atom stereocenters. The maximum atomic E-state index is 11.4. The molecule has 0 saturated carbocycles. The van der Waals surface area contributed by atoms with E-state index in [1.165, 1.54) is 0 Å². The molecule has 1 saturated heterocycles. The van der Waals surface area contributed by atoms with Crippen LogP contribution in [0.15, 0.2) is 60.9 Å². The molecule has 0 aliphatic carbocycles. The minimum Gasteiger partial charge on any atom is -0.377 e. The Kier molecular flexibility index (Phi) is 4.73. The van der Waals surface area contributed by atoms with Crippen molar-refractivity contribution in [2.24, 2.45) is 5.73 Å². The van der Waals surface area contributed by atoms with E-state index in [1.54, 1.807) is 12.1 Å². The summed E-state index contributed by atoms with van der Waals surface area (Å²) in [6, 6.07) is 15.9.